The van der Waals surface area contributed by atoms with Gasteiger partial charge in [-0.05, 0) is 31.8 Å². The predicted molar refractivity (Wildman–Crippen MR) is 104 cm³/mol. The van der Waals surface area contributed by atoms with E-state index in [1.165, 1.54) is 19.3 Å². The van der Waals surface area contributed by atoms with Crippen molar-refractivity contribution in [3.63, 3.8) is 0 Å². The van der Waals surface area contributed by atoms with Crippen molar-refractivity contribution in [3.8, 4) is 0 Å². The van der Waals surface area contributed by atoms with E-state index >= 15 is 0 Å². The zero-order chi connectivity index (χ0) is 18.8. The van der Waals surface area contributed by atoms with E-state index in [0.717, 1.165) is 50.7 Å². The van der Waals surface area contributed by atoms with E-state index in [4.69, 9.17) is 0 Å². The van der Waals surface area contributed by atoms with Crippen LogP contribution in [0.2, 0.25) is 0 Å². The van der Waals surface area contributed by atoms with Crippen molar-refractivity contribution < 1.29 is 4.79 Å². The minimum atomic E-state index is 0.0114. The van der Waals surface area contributed by atoms with E-state index < -0.39 is 0 Å². The summed E-state index contributed by atoms with van der Waals surface area (Å²) in [6, 6.07) is 0.0114. The largest absolute Gasteiger partial charge is 0.352 e. The number of fused-ring (bicyclic) bond motifs is 1. The summed E-state index contributed by atoms with van der Waals surface area (Å²) in [6.07, 6.45) is 8.78. The number of nitrogens with zero attached hydrogens (tertiary/aromatic N) is 7. The molecule has 0 N–H and O–H groups in total. The normalized spacial score (nSPS) is 20.4. The molecule has 146 valence electrons. The van der Waals surface area contributed by atoms with Gasteiger partial charge in [-0.3, -0.25) is 14.7 Å². The molecule has 1 unspecified atom stereocenters. The smallest absolute Gasteiger partial charge is 0.240 e. The van der Waals surface area contributed by atoms with Gasteiger partial charge in [0.15, 0.2) is 11.5 Å². The van der Waals surface area contributed by atoms with Gasteiger partial charge < -0.3 is 9.80 Å². The summed E-state index contributed by atoms with van der Waals surface area (Å²) in [5, 5.41) is 4.30. The summed E-state index contributed by atoms with van der Waals surface area (Å²) in [6.45, 7) is 9.49. The molecule has 0 radical (unpaired) electrons. The number of anilines is 1. The third-order valence-corrected chi connectivity index (χ3v) is 5.76. The van der Waals surface area contributed by atoms with Crippen LogP contribution in [0.4, 0.5) is 5.82 Å². The molecule has 2 aromatic heterocycles. The summed E-state index contributed by atoms with van der Waals surface area (Å²) in [4.78, 5) is 28.5. The highest BCUT2D eigenvalue weighted by Crippen LogP contribution is 2.21. The Morgan fingerprint density at radius 2 is 1.74 bits per heavy atom. The fraction of sp³-hybridized carbons (Fsp3) is 0.684. The molecule has 1 atom stereocenters. The number of amides is 1. The van der Waals surface area contributed by atoms with Gasteiger partial charge in [0.1, 0.15) is 6.33 Å². The third kappa shape index (κ3) is 3.63. The summed E-state index contributed by atoms with van der Waals surface area (Å²) in [5.74, 6) is 1.57. The molecule has 1 amide bonds. The summed E-state index contributed by atoms with van der Waals surface area (Å²) >= 11 is 0. The average Bonchev–Trinajstić information content (AvgIpc) is 3.18. The van der Waals surface area contributed by atoms with E-state index in [1.54, 1.807) is 12.5 Å². The van der Waals surface area contributed by atoms with Crippen LogP contribution in [0.25, 0.3) is 5.65 Å². The molecule has 0 saturated carbocycles. The van der Waals surface area contributed by atoms with Crippen molar-refractivity contribution in [2.24, 2.45) is 5.92 Å². The van der Waals surface area contributed by atoms with Crippen LogP contribution < -0.4 is 4.90 Å². The first-order chi connectivity index (χ1) is 13.1. The second-order valence-corrected chi connectivity index (χ2v) is 7.89. The third-order valence-electron chi connectivity index (χ3n) is 5.76. The Kier molecular flexibility index (Phi) is 5.24. The second-order valence-electron chi connectivity index (χ2n) is 7.89. The van der Waals surface area contributed by atoms with Gasteiger partial charge in [0, 0.05) is 26.2 Å². The molecule has 27 heavy (non-hydrogen) atoms. The van der Waals surface area contributed by atoms with E-state index in [-0.39, 0.29) is 6.04 Å². The Morgan fingerprint density at radius 3 is 2.44 bits per heavy atom. The highest BCUT2D eigenvalue weighted by molar-refractivity contribution is 5.82. The van der Waals surface area contributed by atoms with Crippen LogP contribution in [0.1, 0.15) is 33.1 Å². The van der Waals surface area contributed by atoms with Gasteiger partial charge in [0.25, 0.3) is 0 Å². The first kappa shape index (κ1) is 18.2. The lowest BCUT2D eigenvalue weighted by Gasteiger charge is -2.41. The number of carbonyl (C=O) groups excluding carboxylic acids is 1. The van der Waals surface area contributed by atoms with Crippen molar-refractivity contribution in [1.82, 2.24) is 29.4 Å². The Morgan fingerprint density at radius 1 is 1.00 bits per heavy atom. The topological polar surface area (TPSA) is 69.9 Å². The maximum atomic E-state index is 13.3. The molecule has 0 spiro atoms. The van der Waals surface area contributed by atoms with Crippen LogP contribution in [-0.4, -0.2) is 80.6 Å². The number of rotatable bonds is 4. The Hall–Kier alpha value is -2.22. The first-order valence-corrected chi connectivity index (χ1v) is 10.1. The van der Waals surface area contributed by atoms with Gasteiger partial charge in [-0.15, -0.1) is 0 Å². The molecule has 2 aromatic rings. The maximum absolute atomic E-state index is 13.3. The fourth-order valence-electron chi connectivity index (χ4n) is 4.36. The van der Waals surface area contributed by atoms with Crippen molar-refractivity contribution in [1.29, 1.82) is 0 Å². The number of piperazine rings is 1. The number of piperidine rings is 1. The first-order valence-electron chi connectivity index (χ1n) is 10.1. The highest BCUT2D eigenvalue weighted by atomic mass is 16.2. The van der Waals surface area contributed by atoms with Crippen LogP contribution in [0.5, 0.6) is 0 Å². The summed E-state index contributed by atoms with van der Waals surface area (Å²) < 4.78 is 1.81. The monoisotopic (exact) mass is 371 g/mol. The molecular formula is C19H29N7O. The molecule has 8 heteroatoms. The molecule has 0 bridgehead atoms. The van der Waals surface area contributed by atoms with Crippen molar-refractivity contribution in [3.05, 3.63) is 18.7 Å². The Balaban J connectivity index is 1.43. The van der Waals surface area contributed by atoms with Gasteiger partial charge in [0.2, 0.25) is 5.91 Å². The van der Waals surface area contributed by atoms with Crippen LogP contribution in [0, 0.1) is 5.92 Å². The molecule has 2 aliphatic heterocycles. The quantitative estimate of drug-likeness (QED) is 0.806. The Bertz CT molecular complexity index is 775. The van der Waals surface area contributed by atoms with Gasteiger partial charge in [0.05, 0.1) is 18.4 Å². The molecule has 2 aliphatic rings. The maximum Gasteiger partial charge on any atom is 0.240 e. The van der Waals surface area contributed by atoms with Gasteiger partial charge in [-0.2, -0.15) is 9.61 Å². The van der Waals surface area contributed by atoms with Gasteiger partial charge in [-0.25, -0.2) is 4.98 Å². The predicted octanol–water partition coefficient (Wildman–Crippen LogP) is 1.28. The lowest BCUT2D eigenvalue weighted by Crippen LogP contribution is -2.57. The number of carbonyl (C=O) groups is 1. The highest BCUT2D eigenvalue weighted by Gasteiger charge is 2.34. The molecular weight excluding hydrogens is 342 g/mol. The van der Waals surface area contributed by atoms with Crippen LogP contribution >= 0.6 is 0 Å². The molecule has 2 fully saturated rings. The standard InChI is InChI=1S/C19H29N7O/c1-15(2)18(24-6-4-3-5-7-24)19(27)25-10-8-23(9-11-25)17-13-20-12-16-21-14-22-26(16)17/h12-15,18H,3-11H2,1-2H3. The molecule has 4 heterocycles. The van der Waals surface area contributed by atoms with Crippen molar-refractivity contribution in [2.45, 2.75) is 39.2 Å². The number of hydrogen-bond donors (Lipinski definition) is 0. The SMILES string of the molecule is CC(C)C(C(=O)N1CCN(c2cncc3ncnn23)CC1)N1CCCCC1. The minimum absolute atomic E-state index is 0.0114. The lowest BCUT2D eigenvalue weighted by atomic mass is 9.97. The fourth-order valence-corrected chi connectivity index (χ4v) is 4.36. The number of hydrogen-bond acceptors (Lipinski definition) is 6. The number of likely N-dealkylation sites (tertiary alicyclic amines) is 1. The molecule has 0 aromatic carbocycles. The zero-order valence-corrected chi connectivity index (χ0v) is 16.3. The molecule has 0 aliphatic carbocycles. The molecule has 2 saturated heterocycles. The zero-order valence-electron chi connectivity index (χ0n) is 16.3. The molecule has 4 rings (SSSR count). The number of aromatic nitrogens is 4. The van der Waals surface area contributed by atoms with E-state index in [1.807, 2.05) is 15.6 Å². The summed E-state index contributed by atoms with van der Waals surface area (Å²) in [7, 11) is 0. The van der Waals surface area contributed by atoms with Crippen LogP contribution in [0.3, 0.4) is 0 Å². The van der Waals surface area contributed by atoms with E-state index in [0.29, 0.717) is 11.8 Å². The Labute approximate surface area is 160 Å². The van der Waals surface area contributed by atoms with Crippen LogP contribution in [0.15, 0.2) is 18.7 Å². The summed E-state index contributed by atoms with van der Waals surface area (Å²) in [5.41, 5.74) is 0.746. The van der Waals surface area contributed by atoms with Gasteiger partial charge >= 0.3 is 0 Å². The van der Waals surface area contributed by atoms with Gasteiger partial charge in [-0.1, -0.05) is 20.3 Å². The van der Waals surface area contributed by atoms with E-state index in [2.05, 4.69) is 38.7 Å². The van der Waals surface area contributed by atoms with Crippen molar-refractivity contribution >= 4 is 17.4 Å². The van der Waals surface area contributed by atoms with Crippen LogP contribution in [-0.2, 0) is 4.79 Å². The molecule has 8 nitrogen and oxygen atoms in total. The second kappa shape index (κ2) is 7.80. The average molecular weight is 371 g/mol. The minimum Gasteiger partial charge on any atom is -0.352 e. The van der Waals surface area contributed by atoms with Crippen molar-refractivity contribution in [2.75, 3.05) is 44.2 Å². The van der Waals surface area contributed by atoms with E-state index in [9.17, 15) is 4.79 Å². The lowest BCUT2D eigenvalue weighted by molar-refractivity contribution is -0.139.